The monoisotopic (exact) mass is 327 g/mol. The van der Waals surface area contributed by atoms with Gasteiger partial charge in [0, 0.05) is 18.0 Å². The van der Waals surface area contributed by atoms with Crippen molar-refractivity contribution in [2.75, 3.05) is 31.2 Å². The lowest BCUT2D eigenvalue weighted by molar-refractivity contribution is 0.0820. The molecule has 21 heavy (non-hydrogen) atoms. The van der Waals surface area contributed by atoms with E-state index < -0.39 is 5.60 Å². The molecule has 2 aromatic heterocycles. The van der Waals surface area contributed by atoms with Crippen molar-refractivity contribution in [3.05, 3.63) is 15.7 Å². The fourth-order valence-corrected chi connectivity index (χ4v) is 4.05. The first-order valence-electron chi connectivity index (χ1n) is 6.90. The number of rotatable bonds is 2. The Bertz CT molecular complexity index is 675. The summed E-state index contributed by atoms with van der Waals surface area (Å²) in [5.74, 6) is 0.844. The van der Waals surface area contributed by atoms with Crippen molar-refractivity contribution in [2.24, 2.45) is 0 Å². The number of hydrogen-bond donors (Lipinski definition) is 1. The first-order valence-corrected chi connectivity index (χ1v) is 8.09. The van der Waals surface area contributed by atoms with E-state index in [0.717, 1.165) is 39.6 Å². The number of ether oxygens (including phenoxy) is 1. The van der Waals surface area contributed by atoms with E-state index in [1.165, 1.54) is 0 Å². The van der Waals surface area contributed by atoms with Crippen LogP contribution in [0, 0.1) is 6.92 Å². The van der Waals surface area contributed by atoms with Crippen LogP contribution in [-0.4, -0.2) is 41.4 Å². The van der Waals surface area contributed by atoms with Crippen molar-refractivity contribution >= 4 is 39.0 Å². The molecule has 0 bridgehead atoms. The van der Waals surface area contributed by atoms with Crippen LogP contribution in [0.4, 0.5) is 5.82 Å². The van der Waals surface area contributed by atoms with Crippen LogP contribution in [-0.2, 0) is 10.3 Å². The average Bonchev–Trinajstić information content (AvgIpc) is 2.76. The predicted molar refractivity (Wildman–Crippen MR) is 85.4 cm³/mol. The van der Waals surface area contributed by atoms with Gasteiger partial charge in [-0.2, -0.15) is 4.98 Å². The molecule has 1 fully saturated rings. The fraction of sp³-hybridized carbons (Fsp3) is 0.571. The first-order chi connectivity index (χ1) is 9.88. The van der Waals surface area contributed by atoms with Crippen LogP contribution in [0.2, 0.25) is 5.28 Å². The summed E-state index contributed by atoms with van der Waals surface area (Å²) in [7, 11) is 0. The Morgan fingerprint density at radius 2 is 1.95 bits per heavy atom. The smallest absolute Gasteiger partial charge is 0.224 e. The molecule has 2 aromatic rings. The molecule has 3 rings (SSSR count). The third kappa shape index (κ3) is 2.73. The van der Waals surface area contributed by atoms with Crippen molar-refractivity contribution in [2.45, 2.75) is 26.4 Å². The molecule has 0 atom stereocenters. The Morgan fingerprint density at radius 3 is 2.57 bits per heavy atom. The van der Waals surface area contributed by atoms with Gasteiger partial charge in [0.05, 0.1) is 29.0 Å². The molecule has 0 aliphatic carbocycles. The molecule has 0 amide bonds. The Morgan fingerprint density at radius 1 is 1.29 bits per heavy atom. The predicted octanol–water partition coefficient (Wildman–Crippen LogP) is 2.72. The zero-order valence-corrected chi connectivity index (χ0v) is 13.9. The Hall–Kier alpha value is -0.950. The number of nitrogens with zero attached hydrogens (tertiary/aromatic N) is 3. The van der Waals surface area contributed by atoms with Crippen LogP contribution in [0.1, 0.15) is 24.3 Å². The molecule has 0 saturated carbocycles. The minimum atomic E-state index is -0.899. The van der Waals surface area contributed by atoms with Gasteiger partial charge in [-0.1, -0.05) is 0 Å². The van der Waals surface area contributed by atoms with Crippen LogP contribution in [0.5, 0.6) is 0 Å². The number of fused-ring (bicyclic) bond motifs is 1. The molecule has 5 nitrogen and oxygen atoms in total. The number of aryl methyl sites for hydroxylation is 1. The number of anilines is 1. The van der Waals surface area contributed by atoms with Crippen molar-refractivity contribution in [1.29, 1.82) is 0 Å². The second-order valence-electron chi connectivity index (χ2n) is 5.71. The van der Waals surface area contributed by atoms with Crippen LogP contribution in [0.25, 0.3) is 10.2 Å². The molecule has 3 heterocycles. The van der Waals surface area contributed by atoms with Gasteiger partial charge in [0.25, 0.3) is 0 Å². The molecule has 1 aliphatic rings. The number of aromatic nitrogens is 2. The topological polar surface area (TPSA) is 58.5 Å². The largest absolute Gasteiger partial charge is 0.385 e. The van der Waals surface area contributed by atoms with Gasteiger partial charge < -0.3 is 14.7 Å². The Kier molecular flexibility index (Phi) is 3.81. The third-order valence-corrected chi connectivity index (χ3v) is 5.35. The maximum absolute atomic E-state index is 10.3. The summed E-state index contributed by atoms with van der Waals surface area (Å²) in [6.07, 6.45) is 0. The number of halogens is 1. The molecule has 0 aromatic carbocycles. The van der Waals surface area contributed by atoms with E-state index in [9.17, 15) is 5.11 Å². The zero-order valence-electron chi connectivity index (χ0n) is 12.3. The van der Waals surface area contributed by atoms with Gasteiger partial charge in [0.15, 0.2) is 5.82 Å². The lowest BCUT2D eigenvalue weighted by Crippen LogP contribution is -2.36. The molecule has 0 spiro atoms. The van der Waals surface area contributed by atoms with Crippen molar-refractivity contribution in [3.8, 4) is 0 Å². The number of aliphatic hydroxyl groups is 1. The molecular formula is C14H18ClN3O2S. The van der Waals surface area contributed by atoms with Crippen molar-refractivity contribution < 1.29 is 9.84 Å². The van der Waals surface area contributed by atoms with E-state index in [2.05, 4.69) is 14.9 Å². The molecule has 1 N–H and O–H groups in total. The van der Waals surface area contributed by atoms with Gasteiger partial charge in [-0.25, -0.2) is 4.98 Å². The van der Waals surface area contributed by atoms with E-state index >= 15 is 0 Å². The zero-order chi connectivity index (χ0) is 15.2. The highest BCUT2D eigenvalue weighted by Crippen LogP contribution is 2.40. The summed E-state index contributed by atoms with van der Waals surface area (Å²) in [5, 5.41) is 10.6. The Labute approximate surface area is 132 Å². The summed E-state index contributed by atoms with van der Waals surface area (Å²) in [4.78, 5) is 11.9. The van der Waals surface area contributed by atoms with Gasteiger partial charge >= 0.3 is 0 Å². The number of morpholine rings is 1. The van der Waals surface area contributed by atoms with Gasteiger partial charge in [0.1, 0.15) is 0 Å². The van der Waals surface area contributed by atoms with E-state index in [0.29, 0.717) is 13.2 Å². The second-order valence-corrected chi connectivity index (χ2v) is 7.07. The lowest BCUT2D eigenvalue weighted by atomic mass is 10.0. The summed E-state index contributed by atoms with van der Waals surface area (Å²) >= 11 is 7.64. The van der Waals surface area contributed by atoms with E-state index in [-0.39, 0.29) is 5.28 Å². The average molecular weight is 328 g/mol. The summed E-state index contributed by atoms with van der Waals surface area (Å²) in [5.41, 5.74) is 0.907. The van der Waals surface area contributed by atoms with Crippen LogP contribution in [0.15, 0.2) is 0 Å². The van der Waals surface area contributed by atoms with E-state index in [4.69, 9.17) is 16.3 Å². The molecule has 1 saturated heterocycles. The molecule has 0 unspecified atom stereocenters. The van der Waals surface area contributed by atoms with E-state index in [1.54, 1.807) is 25.2 Å². The van der Waals surface area contributed by atoms with Crippen molar-refractivity contribution in [3.63, 3.8) is 0 Å². The highest BCUT2D eigenvalue weighted by molar-refractivity contribution is 7.20. The highest BCUT2D eigenvalue weighted by Gasteiger charge is 2.27. The lowest BCUT2D eigenvalue weighted by Gasteiger charge is -2.28. The van der Waals surface area contributed by atoms with Gasteiger partial charge in [-0.15, -0.1) is 11.3 Å². The molecule has 114 valence electrons. The van der Waals surface area contributed by atoms with Crippen molar-refractivity contribution in [1.82, 2.24) is 9.97 Å². The van der Waals surface area contributed by atoms with Gasteiger partial charge in [0.2, 0.25) is 5.28 Å². The summed E-state index contributed by atoms with van der Waals surface area (Å²) in [6, 6.07) is 0. The molecule has 1 aliphatic heterocycles. The quantitative estimate of drug-likeness (QED) is 0.859. The third-order valence-electron chi connectivity index (χ3n) is 3.59. The normalized spacial score (nSPS) is 16.7. The second kappa shape index (κ2) is 5.35. The summed E-state index contributed by atoms with van der Waals surface area (Å²) < 4.78 is 6.37. The minimum absolute atomic E-state index is 0.243. The minimum Gasteiger partial charge on any atom is -0.385 e. The van der Waals surface area contributed by atoms with Gasteiger partial charge in [-0.05, 0) is 37.9 Å². The van der Waals surface area contributed by atoms with E-state index in [1.807, 2.05) is 6.92 Å². The number of thiophene rings is 1. The summed E-state index contributed by atoms with van der Waals surface area (Å²) in [6.45, 7) is 8.49. The Balaban J connectivity index is 2.20. The molecular weight excluding hydrogens is 310 g/mol. The number of hydrogen-bond acceptors (Lipinski definition) is 6. The fourth-order valence-electron chi connectivity index (χ4n) is 2.62. The standard InChI is InChI=1S/C14H18ClN3O2S/c1-8-9-10(21-11(8)14(2,3)19)12(17-13(15)16-9)18-4-6-20-7-5-18/h19H,4-7H2,1-3H3. The molecule has 0 radical (unpaired) electrons. The highest BCUT2D eigenvalue weighted by atomic mass is 35.5. The maximum atomic E-state index is 10.3. The SMILES string of the molecule is Cc1c(C(C)(C)O)sc2c(N3CCOCC3)nc(Cl)nc12. The maximum Gasteiger partial charge on any atom is 0.224 e. The van der Waals surface area contributed by atoms with Crippen LogP contribution < -0.4 is 4.90 Å². The van der Waals surface area contributed by atoms with Crippen LogP contribution >= 0.6 is 22.9 Å². The van der Waals surface area contributed by atoms with Gasteiger partial charge in [-0.3, -0.25) is 0 Å². The van der Waals surface area contributed by atoms with Crippen LogP contribution in [0.3, 0.4) is 0 Å². The molecule has 7 heteroatoms. The first kappa shape index (κ1) is 15.0.